The lowest BCUT2D eigenvalue weighted by Gasteiger charge is -2.28. The van der Waals surface area contributed by atoms with Crippen LogP contribution in [-0.2, 0) is 32.1 Å². The van der Waals surface area contributed by atoms with Crippen LogP contribution < -0.4 is 10.6 Å². The molecule has 1 fully saturated rings. The standard InChI is InChI=1S/C32H42ClN3O6/c1-22(30(38)36(2)17-16-23-10-5-3-6-11-23)18-28(31(39)40)34-29(37)27(20-24-12-7-4-8-13-24)35-32(41)42-21-25-14-9-15-26(33)19-25/h3,5-6,9-11,14-15,19,22,24,27-28H,4,7-8,12-13,16-18,20-21H2,1-2H3,(H,34,37)(H,35,41)(H,39,40). The van der Waals surface area contributed by atoms with Crippen LogP contribution in [0, 0.1) is 11.8 Å². The Labute approximate surface area is 252 Å². The first kappa shape index (κ1) is 32.9. The molecule has 3 rings (SSSR count). The molecule has 3 unspecified atom stereocenters. The molecule has 0 saturated heterocycles. The monoisotopic (exact) mass is 599 g/mol. The Morgan fingerprint density at radius 2 is 1.67 bits per heavy atom. The fourth-order valence-corrected chi connectivity index (χ4v) is 5.54. The Morgan fingerprint density at radius 3 is 2.33 bits per heavy atom. The van der Waals surface area contributed by atoms with Crippen molar-refractivity contribution in [3.8, 4) is 0 Å². The van der Waals surface area contributed by atoms with Crippen molar-refractivity contribution in [1.82, 2.24) is 15.5 Å². The van der Waals surface area contributed by atoms with Gasteiger partial charge < -0.3 is 25.4 Å². The molecule has 0 heterocycles. The zero-order valence-corrected chi connectivity index (χ0v) is 25.1. The van der Waals surface area contributed by atoms with Gasteiger partial charge in [-0.3, -0.25) is 9.59 Å². The summed E-state index contributed by atoms with van der Waals surface area (Å²) in [6, 6.07) is 14.4. The molecule has 3 N–H and O–H groups in total. The first-order valence-corrected chi connectivity index (χ1v) is 15.0. The summed E-state index contributed by atoms with van der Waals surface area (Å²) in [5.41, 5.74) is 1.80. The maximum Gasteiger partial charge on any atom is 0.408 e. The molecule has 1 aliphatic rings. The van der Waals surface area contributed by atoms with Crippen molar-refractivity contribution >= 4 is 35.5 Å². The van der Waals surface area contributed by atoms with Gasteiger partial charge in [-0.15, -0.1) is 0 Å². The van der Waals surface area contributed by atoms with Gasteiger partial charge in [-0.05, 0) is 48.4 Å². The summed E-state index contributed by atoms with van der Waals surface area (Å²) in [5.74, 6) is -2.46. The molecule has 0 aliphatic heterocycles. The molecule has 1 aliphatic carbocycles. The highest BCUT2D eigenvalue weighted by molar-refractivity contribution is 6.30. The number of carbonyl (C=O) groups is 4. The summed E-state index contributed by atoms with van der Waals surface area (Å²) >= 11 is 6.00. The Bertz CT molecular complexity index is 1190. The van der Waals surface area contributed by atoms with E-state index in [4.69, 9.17) is 16.3 Å². The quantitative estimate of drug-likeness (QED) is 0.274. The zero-order valence-electron chi connectivity index (χ0n) is 24.4. The van der Waals surface area contributed by atoms with Crippen molar-refractivity contribution < 1.29 is 29.0 Å². The first-order chi connectivity index (χ1) is 20.1. The minimum Gasteiger partial charge on any atom is -0.480 e. The number of likely N-dealkylation sites (N-methyl/N-ethyl adjacent to an activating group) is 1. The number of halogens is 1. The highest BCUT2D eigenvalue weighted by Crippen LogP contribution is 2.27. The summed E-state index contributed by atoms with van der Waals surface area (Å²) < 4.78 is 5.33. The second-order valence-corrected chi connectivity index (χ2v) is 11.6. The normalized spacial score (nSPS) is 15.6. The van der Waals surface area contributed by atoms with Gasteiger partial charge in [0, 0.05) is 24.5 Å². The number of hydrogen-bond acceptors (Lipinski definition) is 5. The van der Waals surface area contributed by atoms with E-state index in [1.807, 2.05) is 30.3 Å². The average Bonchev–Trinajstić information content (AvgIpc) is 2.98. The molecule has 0 spiro atoms. The van der Waals surface area contributed by atoms with Crippen molar-refractivity contribution in [3.05, 3.63) is 70.7 Å². The molecule has 3 amide bonds. The van der Waals surface area contributed by atoms with E-state index < -0.39 is 36.0 Å². The number of carboxylic acids is 1. The van der Waals surface area contributed by atoms with Gasteiger partial charge in [0.25, 0.3) is 0 Å². The third kappa shape index (κ3) is 11.0. The summed E-state index contributed by atoms with van der Waals surface area (Å²) in [6.07, 6.45) is 5.30. The largest absolute Gasteiger partial charge is 0.480 e. The topological polar surface area (TPSA) is 125 Å². The van der Waals surface area contributed by atoms with Gasteiger partial charge in [-0.1, -0.05) is 93.1 Å². The lowest BCUT2D eigenvalue weighted by atomic mass is 9.84. The summed E-state index contributed by atoms with van der Waals surface area (Å²) in [5, 5.41) is 15.6. The lowest BCUT2D eigenvalue weighted by Crippen LogP contribution is -2.53. The van der Waals surface area contributed by atoms with Crippen LogP contribution in [0.15, 0.2) is 54.6 Å². The summed E-state index contributed by atoms with van der Waals surface area (Å²) in [7, 11) is 1.69. The Hall–Kier alpha value is -3.59. The van der Waals surface area contributed by atoms with Crippen LogP contribution in [0.5, 0.6) is 0 Å². The molecule has 9 nitrogen and oxygen atoms in total. The molecule has 0 bridgehead atoms. The molecule has 0 aromatic heterocycles. The molecule has 1 saturated carbocycles. The number of carboxylic acid groups (broad SMARTS) is 1. The number of amides is 3. The molecule has 0 radical (unpaired) electrons. The zero-order chi connectivity index (χ0) is 30.5. The van der Waals surface area contributed by atoms with Crippen molar-refractivity contribution in [3.63, 3.8) is 0 Å². The van der Waals surface area contributed by atoms with Gasteiger partial charge in [0.05, 0.1) is 0 Å². The second-order valence-electron chi connectivity index (χ2n) is 11.2. The Kier molecular flexibility index (Phi) is 13.1. The van der Waals surface area contributed by atoms with Gasteiger partial charge in [-0.25, -0.2) is 9.59 Å². The highest BCUT2D eigenvalue weighted by Gasteiger charge is 2.32. The summed E-state index contributed by atoms with van der Waals surface area (Å²) in [4.78, 5) is 52.8. The highest BCUT2D eigenvalue weighted by atomic mass is 35.5. The van der Waals surface area contributed by atoms with Gasteiger partial charge in [-0.2, -0.15) is 0 Å². The number of nitrogens with one attached hydrogen (secondary N) is 2. The fourth-order valence-electron chi connectivity index (χ4n) is 5.32. The van der Waals surface area contributed by atoms with Crippen molar-refractivity contribution in [2.45, 2.75) is 77.0 Å². The second kappa shape index (κ2) is 16.8. The van der Waals surface area contributed by atoms with Crippen LogP contribution in [0.4, 0.5) is 4.79 Å². The number of aliphatic carboxylic acids is 1. The van der Waals surface area contributed by atoms with E-state index in [9.17, 15) is 24.3 Å². The number of alkyl carbamates (subject to hydrolysis) is 1. The maximum absolute atomic E-state index is 13.4. The number of carbonyl (C=O) groups excluding carboxylic acids is 3. The van der Waals surface area contributed by atoms with Gasteiger partial charge >= 0.3 is 12.1 Å². The SMILES string of the molecule is CC(CC(NC(=O)C(CC1CCCCC1)NC(=O)OCc1cccc(Cl)c1)C(=O)O)C(=O)N(C)CCc1ccccc1. The van der Waals surface area contributed by atoms with Crippen molar-refractivity contribution in [1.29, 1.82) is 0 Å². The number of hydrogen-bond donors (Lipinski definition) is 3. The van der Waals surface area contributed by atoms with Crippen LogP contribution in [0.25, 0.3) is 0 Å². The van der Waals surface area contributed by atoms with E-state index in [1.165, 1.54) is 0 Å². The molecular weight excluding hydrogens is 558 g/mol. The van der Waals surface area contributed by atoms with E-state index in [-0.39, 0.29) is 24.9 Å². The van der Waals surface area contributed by atoms with E-state index >= 15 is 0 Å². The van der Waals surface area contributed by atoms with Crippen molar-refractivity contribution in [2.24, 2.45) is 11.8 Å². The maximum atomic E-state index is 13.4. The molecule has 10 heteroatoms. The van der Waals surface area contributed by atoms with Crippen LogP contribution in [0.2, 0.25) is 5.02 Å². The molecule has 2 aromatic rings. The third-order valence-electron chi connectivity index (χ3n) is 7.74. The predicted molar refractivity (Wildman–Crippen MR) is 161 cm³/mol. The van der Waals surface area contributed by atoms with Crippen LogP contribution >= 0.6 is 11.6 Å². The Balaban J connectivity index is 1.59. The van der Waals surface area contributed by atoms with Gasteiger partial charge in [0.15, 0.2) is 0 Å². The van der Waals surface area contributed by atoms with E-state index in [0.717, 1.165) is 37.7 Å². The van der Waals surface area contributed by atoms with E-state index in [2.05, 4.69) is 10.6 Å². The van der Waals surface area contributed by atoms with Crippen molar-refractivity contribution in [2.75, 3.05) is 13.6 Å². The van der Waals surface area contributed by atoms with Crippen LogP contribution in [-0.4, -0.2) is 59.6 Å². The molecule has 2 aromatic carbocycles. The Morgan fingerprint density at radius 1 is 0.976 bits per heavy atom. The minimum absolute atomic E-state index is 0.0284. The van der Waals surface area contributed by atoms with Crippen LogP contribution in [0.3, 0.4) is 0 Å². The first-order valence-electron chi connectivity index (χ1n) is 14.6. The van der Waals surface area contributed by atoms with E-state index in [1.54, 1.807) is 43.1 Å². The van der Waals surface area contributed by atoms with E-state index in [0.29, 0.717) is 30.0 Å². The average molecular weight is 600 g/mol. The van der Waals surface area contributed by atoms with Gasteiger partial charge in [0.1, 0.15) is 18.7 Å². The summed E-state index contributed by atoms with van der Waals surface area (Å²) in [6.45, 7) is 2.12. The lowest BCUT2D eigenvalue weighted by molar-refractivity contribution is -0.143. The number of rotatable bonds is 14. The minimum atomic E-state index is -1.29. The van der Waals surface area contributed by atoms with Gasteiger partial charge in [0.2, 0.25) is 11.8 Å². The molecular formula is C32H42ClN3O6. The molecule has 228 valence electrons. The number of ether oxygens (including phenoxy) is 1. The molecule has 3 atom stereocenters. The number of nitrogens with zero attached hydrogens (tertiary/aromatic N) is 1. The number of benzene rings is 2. The fraction of sp³-hybridized carbons (Fsp3) is 0.500. The third-order valence-corrected chi connectivity index (χ3v) is 7.98. The van der Waals surface area contributed by atoms with Crippen LogP contribution in [0.1, 0.15) is 63.0 Å². The smallest absolute Gasteiger partial charge is 0.408 e. The molecule has 42 heavy (non-hydrogen) atoms. The predicted octanol–water partition coefficient (Wildman–Crippen LogP) is 5.20.